The first kappa shape index (κ1) is 18.2. The van der Waals surface area contributed by atoms with Gasteiger partial charge in [-0.2, -0.15) is 0 Å². The third-order valence-corrected chi connectivity index (χ3v) is 4.69. The van der Waals surface area contributed by atoms with Crippen molar-refractivity contribution in [2.75, 3.05) is 17.9 Å². The van der Waals surface area contributed by atoms with E-state index in [1.807, 2.05) is 0 Å². The lowest BCUT2D eigenvalue weighted by atomic mass is 10.1. The molecule has 24 heavy (non-hydrogen) atoms. The van der Waals surface area contributed by atoms with Crippen molar-refractivity contribution in [1.82, 2.24) is 0 Å². The molecule has 0 radical (unpaired) electrons. The van der Waals surface area contributed by atoms with Crippen molar-refractivity contribution in [3.05, 3.63) is 53.8 Å². The lowest BCUT2D eigenvalue weighted by Crippen LogP contribution is -2.14. The number of nitrogens with one attached hydrogen (secondary N) is 1. The van der Waals surface area contributed by atoms with Crippen LogP contribution in [0.25, 0.3) is 0 Å². The fraction of sp³-hybridized carbons (Fsp3) is 0.294. The molecule has 0 aliphatic rings. The van der Waals surface area contributed by atoms with Gasteiger partial charge in [0, 0.05) is 6.07 Å². The molecule has 0 saturated heterocycles. The Morgan fingerprint density at radius 1 is 1.17 bits per heavy atom. The van der Waals surface area contributed by atoms with Crippen molar-refractivity contribution in [3.8, 4) is 5.75 Å². The highest BCUT2D eigenvalue weighted by Crippen LogP contribution is 2.28. The van der Waals surface area contributed by atoms with Gasteiger partial charge in [0.25, 0.3) is 10.0 Å². The normalized spacial score (nSPS) is 11.3. The molecule has 0 fully saturated rings. The molecule has 0 saturated carbocycles. The van der Waals surface area contributed by atoms with Gasteiger partial charge >= 0.3 is 0 Å². The monoisotopic (exact) mass is 353 g/mol. The highest BCUT2D eigenvalue weighted by molar-refractivity contribution is 7.92. The molecule has 0 aliphatic heterocycles. The molecule has 0 aliphatic carbocycles. The number of ether oxygens (including phenoxy) is 1. The first-order valence-corrected chi connectivity index (χ1v) is 9.09. The quantitative estimate of drug-likeness (QED) is 0.765. The Labute approximate surface area is 141 Å². The summed E-state index contributed by atoms with van der Waals surface area (Å²) in [5.41, 5.74) is 1.17. The number of sulfonamides is 1. The third-order valence-electron chi connectivity index (χ3n) is 3.31. The minimum Gasteiger partial charge on any atom is -0.489 e. The van der Waals surface area contributed by atoms with Crippen molar-refractivity contribution in [3.63, 3.8) is 0 Å². The Kier molecular flexibility index (Phi) is 6.16. The maximum atomic E-state index is 13.3. The predicted molar refractivity (Wildman–Crippen MR) is 90.2 cm³/mol. The molecule has 0 bridgehead atoms. The number of anilines is 1. The molecule has 0 atom stereocenters. The Morgan fingerprint density at radius 2 is 1.88 bits per heavy atom. The van der Waals surface area contributed by atoms with Gasteiger partial charge in [-0.3, -0.25) is 4.72 Å². The molecule has 2 rings (SSSR count). The van der Waals surface area contributed by atoms with Crippen LogP contribution in [0.4, 0.5) is 10.1 Å². The maximum absolute atomic E-state index is 13.3. The highest BCUT2D eigenvalue weighted by Gasteiger charge is 2.17. The summed E-state index contributed by atoms with van der Waals surface area (Å²) < 4.78 is 45.8. The molecular formula is C17H20FNO4S. The van der Waals surface area contributed by atoms with Crippen LogP contribution in [0, 0.1) is 5.82 Å². The van der Waals surface area contributed by atoms with Crippen LogP contribution in [0.2, 0.25) is 0 Å². The van der Waals surface area contributed by atoms with E-state index in [0.29, 0.717) is 0 Å². The summed E-state index contributed by atoms with van der Waals surface area (Å²) in [5.74, 6) is -0.537. The van der Waals surface area contributed by atoms with Gasteiger partial charge in [-0.15, -0.1) is 0 Å². The second kappa shape index (κ2) is 8.12. The second-order valence-electron chi connectivity index (χ2n) is 5.21. The average Bonchev–Trinajstić information content (AvgIpc) is 2.56. The van der Waals surface area contributed by atoms with Crippen LogP contribution in [0.3, 0.4) is 0 Å². The fourth-order valence-electron chi connectivity index (χ4n) is 2.18. The molecule has 5 nitrogen and oxygen atoms in total. The van der Waals surface area contributed by atoms with Crippen LogP contribution < -0.4 is 9.46 Å². The first-order chi connectivity index (χ1) is 11.5. The number of rotatable bonds is 8. The second-order valence-corrected chi connectivity index (χ2v) is 6.89. The molecule has 2 aromatic carbocycles. The highest BCUT2D eigenvalue weighted by atomic mass is 32.2. The zero-order chi connectivity index (χ0) is 17.6. The Morgan fingerprint density at radius 3 is 2.50 bits per heavy atom. The Bertz CT molecular complexity index is 776. The number of hydrogen-bond acceptors (Lipinski definition) is 4. The molecule has 0 amide bonds. The minimum absolute atomic E-state index is 0.0234. The van der Waals surface area contributed by atoms with Gasteiger partial charge in [-0.05, 0) is 36.2 Å². The minimum atomic E-state index is -3.82. The van der Waals surface area contributed by atoms with Crippen LogP contribution >= 0.6 is 0 Å². The maximum Gasteiger partial charge on any atom is 0.262 e. The molecule has 0 aromatic heterocycles. The van der Waals surface area contributed by atoms with E-state index in [4.69, 9.17) is 9.84 Å². The van der Waals surface area contributed by atoms with Gasteiger partial charge in [0.15, 0.2) is 0 Å². The Balaban J connectivity index is 2.25. The topological polar surface area (TPSA) is 75.6 Å². The molecule has 130 valence electrons. The van der Waals surface area contributed by atoms with Crippen LogP contribution in [0.15, 0.2) is 47.4 Å². The number of aryl methyl sites for hydroxylation is 1. The summed E-state index contributed by atoms with van der Waals surface area (Å²) in [7, 11) is -3.82. The van der Waals surface area contributed by atoms with Gasteiger partial charge in [0.2, 0.25) is 0 Å². The molecule has 0 heterocycles. The van der Waals surface area contributed by atoms with Gasteiger partial charge in [0.05, 0.1) is 17.2 Å². The van der Waals surface area contributed by atoms with Crippen LogP contribution in [-0.4, -0.2) is 26.7 Å². The summed E-state index contributed by atoms with van der Waals surface area (Å²) in [6.45, 7) is 1.72. The SMILES string of the molecule is CCCc1ccc(S(=O)(=O)Nc2ccc(F)cc2OCCO)cc1. The summed E-state index contributed by atoms with van der Waals surface area (Å²) in [4.78, 5) is 0.111. The van der Waals surface area contributed by atoms with E-state index in [0.717, 1.165) is 30.5 Å². The summed E-state index contributed by atoms with van der Waals surface area (Å²) >= 11 is 0. The lowest BCUT2D eigenvalue weighted by Gasteiger charge is -2.13. The van der Waals surface area contributed by atoms with E-state index in [-0.39, 0.29) is 29.5 Å². The number of aliphatic hydroxyl groups is 1. The first-order valence-electron chi connectivity index (χ1n) is 7.61. The molecule has 7 heteroatoms. The zero-order valence-corrected chi connectivity index (χ0v) is 14.1. The van der Waals surface area contributed by atoms with Gasteiger partial charge in [-0.1, -0.05) is 25.5 Å². The van der Waals surface area contributed by atoms with Gasteiger partial charge < -0.3 is 9.84 Å². The molecular weight excluding hydrogens is 333 g/mol. The van der Waals surface area contributed by atoms with Crippen molar-refractivity contribution in [1.29, 1.82) is 0 Å². The largest absolute Gasteiger partial charge is 0.489 e. The van der Waals surface area contributed by atoms with E-state index in [2.05, 4.69) is 11.6 Å². The van der Waals surface area contributed by atoms with Gasteiger partial charge in [0.1, 0.15) is 18.2 Å². The van der Waals surface area contributed by atoms with E-state index in [9.17, 15) is 12.8 Å². The summed E-state index contributed by atoms with van der Waals surface area (Å²) in [6.07, 6.45) is 1.86. The van der Waals surface area contributed by atoms with Crippen LogP contribution in [-0.2, 0) is 16.4 Å². The van der Waals surface area contributed by atoms with Crippen molar-refractivity contribution >= 4 is 15.7 Å². The van der Waals surface area contributed by atoms with E-state index in [1.165, 1.54) is 18.2 Å². The van der Waals surface area contributed by atoms with Crippen LogP contribution in [0.1, 0.15) is 18.9 Å². The molecule has 0 unspecified atom stereocenters. The van der Waals surface area contributed by atoms with Gasteiger partial charge in [-0.25, -0.2) is 12.8 Å². The van der Waals surface area contributed by atoms with Crippen molar-refractivity contribution < 1.29 is 22.7 Å². The smallest absolute Gasteiger partial charge is 0.262 e. The number of hydrogen-bond donors (Lipinski definition) is 2. The van der Waals surface area contributed by atoms with E-state index in [1.54, 1.807) is 12.1 Å². The summed E-state index contributed by atoms with van der Waals surface area (Å²) in [6, 6.07) is 10.1. The van der Waals surface area contributed by atoms with Crippen molar-refractivity contribution in [2.24, 2.45) is 0 Å². The summed E-state index contributed by atoms with van der Waals surface area (Å²) in [5, 5.41) is 8.81. The van der Waals surface area contributed by atoms with E-state index < -0.39 is 15.8 Å². The van der Waals surface area contributed by atoms with Crippen LogP contribution in [0.5, 0.6) is 5.75 Å². The molecule has 0 spiro atoms. The third kappa shape index (κ3) is 4.69. The predicted octanol–water partition coefficient (Wildman–Crippen LogP) is 2.95. The number of aliphatic hydroxyl groups excluding tert-OH is 1. The number of benzene rings is 2. The van der Waals surface area contributed by atoms with E-state index >= 15 is 0 Å². The number of halogens is 1. The van der Waals surface area contributed by atoms with Crippen molar-refractivity contribution in [2.45, 2.75) is 24.7 Å². The molecule has 2 aromatic rings. The standard InChI is InChI=1S/C17H20FNO4S/c1-2-3-13-4-7-15(8-5-13)24(21,22)19-16-9-6-14(18)12-17(16)23-11-10-20/h4-9,12,19-20H,2-3,10-11H2,1H3. The lowest BCUT2D eigenvalue weighted by molar-refractivity contribution is 0.201. The average molecular weight is 353 g/mol. The zero-order valence-electron chi connectivity index (χ0n) is 13.3. The fourth-order valence-corrected chi connectivity index (χ4v) is 3.25. The molecule has 2 N–H and O–H groups in total. The Hall–Kier alpha value is -2.12.